The molecule has 1 N–H and O–H groups in total. The average Bonchev–Trinajstić information content (AvgIpc) is 2.28. The zero-order valence-electron chi connectivity index (χ0n) is 10.4. The molecule has 1 rings (SSSR count). The van der Waals surface area contributed by atoms with Crippen molar-refractivity contribution in [2.75, 3.05) is 0 Å². The van der Waals surface area contributed by atoms with Gasteiger partial charge >= 0.3 is 0 Å². The Labute approximate surface area is 102 Å². The van der Waals surface area contributed by atoms with Crippen LogP contribution < -0.4 is 5.32 Å². The Hall–Kier alpha value is -1.89. The number of carbonyl (C=O) groups is 1. The Kier molecular flexibility index (Phi) is 4.65. The second-order valence-corrected chi connectivity index (χ2v) is 4.03. The van der Waals surface area contributed by atoms with E-state index < -0.39 is 0 Å². The Morgan fingerprint density at radius 3 is 2.76 bits per heavy atom. The van der Waals surface area contributed by atoms with E-state index in [1.807, 2.05) is 26.8 Å². The first-order valence-corrected chi connectivity index (χ1v) is 5.70. The molecule has 0 aliphatic carbocycles. The van der Waals surface area contributed by atoms with Crippen LogP contribution in [0.15, 0.2) is 12.1 Å². The van der Waals surface area contributed by atoms with Gasteiger partial charge in [0.25, 0.3) is 5.91 Å². The lowest BCUT2D eigenvalue weighted by molar-refractivity contribution is 0.0935. The smallest absolute Gasteiger partial charge is 0.253 e. The number of aryl methyl sites for hydroxylation is 2. The van der Waals surface area contributed by atoms with Crippen molar-refractivity contribution in [2.24, 2.45) is 0 Å². The quantitative estimate of drug-likeness (QED) is 0.863. The van der Waals surface area contributed by atoms with E-state index in [0.717, 1.165) is 12.1 Å². The summed E-state index contributed by atoms with van der Waals surface area (Å²) < 4.78 is 0. The van der Waals surface area contributed by atoms with E-state index in [0.29, 0.717) is 17.7 Å². The van der Waals surface area contributed by atoms with Gasteiger partial charge in [-0.1, -0.05) is 6.92 Å². The van der Waals surface area contributed by atoms with Crippen molar-refractivity contribution >= 4 is 5.91 Å². The molecule has 1 unspecified atom stereocenters. The highest BCUT2D eigenvalue weighted by Crippen LogP contribution is 2.07. The zero-order valence-corrected chi connectivity index (χ0v) is 10.4. The zero-order chi connectivity index (χ0) is 12.8. The molecule has 90 valence electrons. The molecular formula is C13H17N3O. The van der Waals surface area contributed by atoms with Crippen LogP contribution in [0.3, 0.4) is 0 Å². The van der Waals surface area contributed by atoms with E-state index in [4.69, 9.17) is 5.26 Å². The van der Waals surface area contributed by atoms with Crippen molar-refractivity contribution in [3.05, 3.63) is 29.1 Å². The lowest BCUT2D eigenvalue weighted by atomic mass is 10.1. The fraction of sp³-hybridized carbons (Fsp3) is 0.462. The van der Waals surface area contributed by atoms with Crippen LogP contribution in [0.25, 0.3) is 0 Å². The Morgan fingerprint density at radius 1 is 1.53 bits per heavy atom. The van der Waals surface area contributed by atoms with Crippen LogP contribution in [0.5, 0.6) is 0 Å². The Balaban J connectivity index is 2.79. The highest BCUT2D eigenvalue weighted by atomic mass is 16.1. The normalized spacial score (nSPS) is 11.6. The molecule has 0 aliphatic heterocycles. The monoisotopic (exact) mass is 231 g/mol. The van der Waals surface area contributed by atoms with Crippen LogP contribution in [0.4, 0.5) is 0 Å². The molecule has 1 aromatic heterocycles. The topological polar surface area (TPSA) is 65.8 Å². The lowest BCUT2D eigenvalue weighted by Crippen LogP contribution is -2.34. The van der Waals surface area contributed by atoms with E-state index in [9.17, 15) is 4.79 Å². The summed E-state index contributed by atoms with van der Waals surface area (Å²) in [6.45, 7) is 5.65. The summed E-state index contributed by atoms with van der Waals surface area (Å²) in [6.07, 6.45) is 1.08. The largest absolute Gasteiger partial charge is 0.348 e. The first-order valence-electron chi connectivity index (χ1n) is 5.70. The van der Waals surface area contributed by atoms with Gasteiger partial charge in [-0.15, -0.1) is 0 Å². The van der Waals surface area contributed by atoms with Gasteiger partial charge in [0.15, 0.2) is 0 Å². The molecule has 4 nitrogen and oxygen atoms in total. The van der Waals surface area contributed by atoms with Crippen molar-refractivity contribution in [1.29, 1.82) is 5.26 Å². The van der Waals surface area contributed by atoms with Gasteiger partial charge < -0.3 is 5.32 Å². The maximum absolute atomic E-state index is 12.0. The number of pyridine rings is 1. The molecule has 1 atom stereocenters. The maximum Gasteiger partial charge on any atom is 0.253 e. The molecular weight excluding hydrogens is 214 g/mol. The maximum atomic E-state index is 12.0. The van der Waals surface area contributed by atoms with Gasteiger partial charge in [-0.05, 0) is 32.4 Å². The number of carbonyl (C=O) groups excluding carboxylic acids is 1. The molecule has 1 aromatic rings. The van der Waals surface area contributed by atoms with Crippen molar-refractivity contribution in [3.63, 3.8) is 0 Å². The van der Waals surface area contributed by atoms with E-state index in [2.05, 4.69) is 16.4 Å². The van der Waals surface area contributed by atoms with Gasteiger partial charge in [0, 0.05) is 11.7 Å². The molecule has 0 spiro atoms. The Morgan fingerprint density at radius 2 is 2.24 bits per heavy atom. The number of hydrogen-bond acceptors (Lipinski definition) is 3. The third-order valence-electron chi connectivity index (χ3n) is 2.64. The van der Waals surface area contributed by atoms with Crippen LogP contribution in [-0.2, 0) is 0 Å². The highest BCUT2D eigenvalue weighted by molar-refractivity contribution is 5.95. The number of nitriles is 1. The molecule has 0 aliphatic rings. The molecule has 0 bridgehead atoms. The van der Waals surface area contributed by atoms with E-state index in [1.54, 1.807) is 6.07 Å². The lowest BCUT2D eigenvalue weighted by Gasteiger charge is -2.14. The van der Waals surface area contributed by atoms with E-state index in [-0.39, 0.29) is 11.9 Å². The third kappa shape index (κ3) is 3.56. The van der Waals surface area contributed by atoms with Crippen LogP contribution >= 0.6 is 0 Å². The predicted octanol–water partition coefficient (Wildman–Crippen LogP) is 2.12. The minimum absolute atomic E-state index is 0.0896. The molecule has 4 heteroatoms. The van der Waals surface area contributed by atoms with Crippen molar-refractivity contribution < 1.29 is 4.79 Å². The molecule has 1 heterocycles. The molecule has 0 radical (unpaired) electrons. The average molecular weight is 231 g/mol. The van der Waals surface area contributed by atoms with Gasteiger partial charge in [-0.25, -0.2) is 0 Å². The van der Waals surface area contributed by atoms with Gasteiger partial charge in [-0.2, -0.15) is 5.26 Å². The van der Waals surface area contributed by atoms with Crippen molar-refractivity contribution in [1.82, 2.24) is 10.3 Å². The number of nitrogens with zero attached hydrogens (tertiary/aromatic N) is 2. The summed E-state index contributed by atoms with van der Waals surface area (Å²) >= 11 is 0. The summed E-state index contributed by atoms with van der Waals surface area (Å²) in [4.78, 5) is 16.2. The molecule has 0 fully saturated rings. The highest BCUT2D eigenvalue weighted by Gasteiger charge is 2.14. The summed E-state index contributed by atoms with van der Waals surface area (Å²) in [6, 6.07) is 5.56. The van der Waals surface area contributed by atoms with E-state index in [1.165, 1.54) is 0 Å². The summed E-state index contributed by atoms with van der Waals surface area (Å²) in [7, 11) is 0. The number of nitrogens with one attached hydrogen (secondary N) is 1. The summed E-state index contributed by atoms with van der Waals surface area (Å²) in [5.41, 5.74) is 2.18. The molecule has 0 aromatic carbocycles. The number of aromatic nitrogens is 1. The predicted molar refractivity (Wildman–Crippen MR) is 65.5 cm³/mol. The molecule has 0 saturated carbocycles. The number of hydrogen-bond donors (Lipinski definition) is 1. The first kappa shape index (κ1) is 13.2. The first-order chi connectivity index (χ1) is 8.08. The Bertz CT molecular complexity index is 448. The van der Waals surface area contributed by atoms with Crippen LogP contribution in [-0.4, -0.2) is 16.9 Å². The van der Waals surface area contributed by atoms with Crippen LogP contribution in [0.2, 0.25) is 0 Å². The van der Waals surface area contributed by atoms with Gasteiger partial charge in [0.1, 0.15) is 0 Å². The second-order valence-electron chi connectivity index (χ2n) is 4.03. The molecule has 17 heavy (non-hydrogen) atoms. The second kappa shape index (κ2) is 6.00. The standard InChI is InChI=1S/C13H17N3O/c1-4-11(7-8-14)16-13(17)12-6-5-9(2)15-10(12)3/h5-6,11H,4,7H2,1-3H3,(H,16,17). The minimum atomic E-state index is -0.155. The van der Waals surface area contributed by atoms with Crippen molar-refractivity contribution in [2.45, 2.75) is 39.7 Å². The molecule has 0 saturated heterocycles. The fourth-order valence-corrected chi connectivity index (χ4v) is 1.60. The van der Waals surface area contributed by atoms with Gasteiger partial charge in [0.05, 0.1) is 23.7 Å². The third-order valence-corrected chi connectivity index (χ3v) is 2.64. The summed E-state index contributed by atoms with van der Waals surface area (Å²) in [5, 5.41) is 11.5. The van der Waals surface area contributed by atoms with Crippen molar-refractivity contribution in [3.8, 4) is 6.07 Å². The van der Waals surface area contributed by atoms with Gasteiger partial charge in [0.2, 0.25) is 0 Å². The number of amides is 1. The minimum Gasteiger partial charge on any atom is -0.348 e. The van der Waals surface area contributed by atoms with Gasteiger partial charge in [-0.3, -0.25) is 9.78 Å². The SMILES string of the molecule is CCC(CC#N)NC(=O)c1ccc(C)nc1C. The van der Waals surface area contributed by atoms with Crippen LogP contribution in [0.1, 0.15) is 41.5 Å². The fourth-order valence-electron chi connectivity index (χ4n) is 1.60. The summed E-state index contributed by atoms with van der Waals surface area (Å²) in [5.74, 6) is -0.155. The van der Waals surface area contributed by atoms with E-state index >= 15 is 0 Å². The van der Waals surface area contributed by atoms with Crippen LogP contribution in [0, 0.1) is 25.2 Å². The number of rotatable bonds is 4. The molecule has 1 amide bonds.